The van der Waals surface area contributed by atoms with Crippen molar-refractivity contribution >= 4 is 29.9 Å². The Labute approximate surface area is 169 Å². The van der Waals surface area contributed by atoms with Crippen molar-refractivity contribution in [3.63, 3.8) is 0 Å². The minimum atomic E-state index is 0. The quantitative estimate of drug-likeness (QED) is 0.339. The van der Waals surface area contributed by atoms with Crippen LogP contribution >= 0.6 is 24.0 Å². The van der Waals surface area contributed by atoms with Gasteiger partial charge in [0, 0.05) is 19.6 Å². The molecule has 25 heavy (non-hydrogen) atoms. The number of hydrogen-bond donors (Lipinski definition) is 2. The van der Waals surface area contributed by atoms with Crippen molar-refractivity contribution in [3.8, 4) is 6.07 Å². The van der Waals surface area contributed by atoms with Crippen LogP contribution in [0.15, 0.2) is 29.3 Å². The maximum atomic E-state index is 8.82. The average Bonchev–Trinajstić information content (AvgIpc) is 2.62. The van der Waals surface area contributed by atoms with Crippen LogP contribution in [0.3, 0.4) is 0 Å². The lowest BCUT2D eigenvalue weighted by Gasteiger charge is -2.21. The molecule has 0 saturated carbocycles. The number of rotatable bonds is 9. The van der Waals surface area contributed by atoms with Crippen LogP contribution in [-0.4, -0.2) is 43.6 Å². The summed E-state index contributed by atoms with van der Waals surface area (Å²) < 4.78 is 0. The van der Waals surface area contributed by atoms with Gasteiger partial charge in [-0.3, -0.25) is 4.99 Å². The number of guanidine groups is 1. The SMILES string of the molecule is CCN(CC)CCCC(C)NC(=NC)NCc1ccc(C#N)cc1.I. The fourth-order valence-electron chi connectivity index (χ4n) is 2.54. The molecule has 6 heteroatoms. The van der Waals surface area contributed by atoms with Crippen LogP contribution in [0.4, 0.5) is 0 Å². The standard InChI is InChI=1S/C19H31N5.HI/c1-5-24(6-2)13-7-8-16(3)23-19(21-4)22-15-18-11-9-17(14-20)10-12-18;/h9-12,16H,5-8,13,15H2,1-4H3,(H2,21,22,23);1H. The number of nitrogens with zero attached hydrogens (tertiary/aromatic N) is 3. The van der Waals surface area contributed by atoms with Crippen LogP contribution in [0, 0.1) is 11.3 Å². The van der Waals surface area contributed by atoms with Crippen LogP contribution < -0.4 is 10.6 Å². The van der Waals surface area contributed by atoms with Gasteiger partial charge in [-0.15, -0.1) is 24.0 Å². The first-order chi connectivity index (χ1) is 11.6. The minimum Gasteiger partial charge on any atom is -0.354 e. The van der Waals surface area contributed by atoms with Crippen molar-refractivity contribution in [2.24, 2.45) is 4.99 Å². The lowest BCUT2D eigenvalue weighted by Crippen LogP contribution is -2.42. The molecule has 1 atom stereocenters. The van der Waals surface area contributed by atoms with Crippen LogP contribution in [0.25, 0.3) is 0 Å². The molecule has 5 nitrogen and oxygen atoms in total. The molecule has 140 valence electrons. The molecule has 0 amide bonds. The summed E-state index contributed by atoms with van der Waals surface area (Å²) >= 11 is 0. The van der Waals surface area contributed by atoms with Gasteiger partial charge in [-0.2, -0.15) is 5.26 Å². The molecule has 0 saturated heterocycles. The normalized spacial score (nSPS) is 12.2. The van der Waals surface area contributed by atoms with Gasteiger partial charge in [0.2, 0.25) is 0 Å². The van der Waals surface area contributed by atoms with Crippen molar-refractivity contribution in [2.75, 3.05) is 26.7 Å². The Kier molecular flexibility index (Phi) is 13.2. The van der Waals surface area contributed by atoms with E-state index in [-0.39, 0.29) is 24.0 Å². The molecule has 0 bridgehead atoms. The molecule has 1 unspecified atom stereocenters. The Hall–Kier alpha value is -1.33. The highest BCUT2D eigenvalue weighted by Gasteiger charge is 2.06. The number of aliphatic imine (C=N–C) groups is 1. The fraction of sp³-hybridized carbons (Fsp3) is 0.579. The zero-order valence-electron chi connectivity index (χ0n) is 15.9. The Balaban J connectivity index is 0.00000576. The summed E-state index contributed by atoms with van der Waals surface area (Å²) in [6.45, 7) is 10.7. The number of nitriles is 1. The highest BCUT2D eigenvalue weighted by atomic mass is 127. The van der Waals surface area contributed by atoms with Crippen molar-refractivity contribution in [1.82, 2.24) is 15.5 Å². The zero-order valence-corrected chi connectivity index (χ0v) is 18.2. The van der Waals surface area contributed by atoms with Gasteiger partial charge < -0.3 is 15.5 Å². The summed E-state index contributed by atoms with van der Waals surface area (Å²) in [7, 11) is 1.79. The molecule has 0 spiro atoms. The Morgan fingerprint density at radius 2 is 1.88 bits per heavy atom. The molecule has 0 radical (unpaired) electrons. The third kappa shape index (κ3) is 9.66. The predicted molar refractivity (Wildman–Crippen MR) is 116 cm³/mol. The third-order valence-electron chi connectivity index (χ3n) is 4.16. The summed E-state index contributed by atoms with van der Waals surface area (Å²) in [4.78, 5) is 6.73. The summed E-state index contributed by atoms with van der Waals surface area (Å²) in [6.07, 6.45) is 2.30. The van der Waals surface area contributed by atoms with Crippen molar-refractivity contribution in [2.45, 2.75) is 46.2 Å². The van der Waals surface area contributed by atoms with Crippen molar-refractivity contribution in [3.05, 3.63) is 35.4 Å². The molecule has 1 aromatic carbocycles. The van der Waals surface area contributed by atoms with Crippen LogP contribution in [0.5, 0.6) is 0 Å². The smallest absolute Gasteiger partial charge is 0.191 e. The number of nitrogens with one attached hydrogen (secondary N) is 2. The lowest BCUT2D eigenvalue weighted by atomic mass is 10.1. The first-order valence-electron chi connectivity index (χ1n) is 8.81. The molecular formula is C19H32IN5. The van der Waals surface area contributed by atoms with Crippen LogP contribution in [0.1, 0.15) is 44.7 Å². The fourth-order valence-corrected chi connectivity index (χ4v) is 2.54. The highest BCUT2D eigenvalue weighted by Crippen LogP contribution is 2.03. The van der Waals surface area contributed by atoms with E-state index in [0.717, 1.165) is 37.6 Å². The third-order valence-corrected chi connectivity index (χ3v) is 4.16. The first-order valence-corrected chi connectivity index (χ1v) is 8.81. The Morgan fingerprint density at radius 1 is 1.24 bits per heavy atom. The van der Waals surface area contributed by atoms with Crippen molar-refractivity contribution < 1.29 is 0 Å². The van der Waals surface area contributed by atoms with Gasteiger partial charge >= 0.3 is 0 Å². The number of benzene rings is 1. The molecule has 1 aromatic rings. The molecule has 0 aliphatic carbocycles. The van der Waals surface area contributed by atoms with Gasteiger partial charge in [0.05, 0.1) is 11.6 Å². The Bertz CT molecular complexity index is 532. The maximum Gasteiger partial charge on any atom is 0.191 e. The lowest BCUT2D eigenvalue weighted by molar-refractivity contribution is 0.292. The van der Waals surface area contributed by atoms with E-state index in [9.17, 15) is 0 Å². The first kappa shape index (κ1) is 23.7. The van der Waals surface area contributed by atoms with E-state index in [1.807, 2.05) is 24.3 Å². The van der Waals surface area contributed by atoms with Gasteiger partial charge in [-0.05, 0) is 57.1 Å². The van der Waals surface area contributed by atoms with Gasteiger partial charge in [-0.1, -0.05) is 26.0 Å². The van der Waals surface area contributed by atoms with Crippen LogP contribution in [-0.2, 0) is 6.54 Å². The van der Waals surface area contributed by atoms with Gasteiger partial charge in [0.25, 0.3) is 0 Å². The molecule has 0 aliphatic rings. The summed E-state index contributed by atoms with van der Waals surface area (Å²) in [5, 5.41) is 15.6. The minimum absolute atomic E-state index is 0. The molecule has 0 heterocycles. The molecule has 2 N–H and O–H groups in total. The highest BCUT2D eigenvalue weighted by molar-refractivity contribution is 14.0. The second-order valence-electron chi connectivity index (χ2n) is 5.95. The van der Waals surface area contributed by atoms with Gasteiger partial charge in [-0.25, -0.2) is 0 Å². The number of hydrogen-bond acceptors (Lipinski definition) is 3. The summed E-state index contributed by atoms with van der Waals surface area (Å²) in [5.74, 6) is 0.815. The van der Waals surface area contributed by atoms with E-state index in [4.69, 9.17) is 5.26 Å². The van der Waals surface area contributed by atoms with Crippen molar-refractivity contribution in [1.29, 1.82) is 5.26 Å². The second kappa shape index (κ2) is 13.9. The van der Waals surface area contributed by atoms with Crippen LogP contribution in [0.2, 0.25) is 0 Å². The van der Waals surface area contributed by atoms with E-state index >= 15 is 0 Å². The summed E-state index contributed by atoms with van der Waals surface area (Å²) in [5.41, 5.74) is 1.81. The molecule has 0 aliphatic heterocycles. The van der Waals surface area contributed by atoms with E-state index in [2.05, 4.69) is 47.4 Å². The van der Waals surface area contributed by atoms with E-state index in [1.54, 1.807) is 7.05 Å². The zero-order chi connectivity index (χ0) is 17.8. The second-order valence-corrected chi connectivity index (χ2v) is 5.95. The van der Waals surface area contributed by atoms with Gasteiger partial charge in [0.15, 0.2) is 5.96 Å². The molecule has 0 aromatic heterocycles. The monoisotopic (exact) mass is 457 g/mol. The molecular weight excluding hydrogens is 425 g/mol. The Morgan fingerprint density at radius 3 is 2.40 bits per heavy atom. The topological polar surface area (TPSA) is 63.4 Å². The number of halogens is 1. The maximum absolute atomic E-state index is 8.82. The average molecular weight is 457 g/mol. The summed E-state index contributed by atoms with van der Waals surface area (Å²) in [6, 6.07) is 10.1. The van der Waals surface area contributed by atoms with E-state index in [1.165, 1.54) is 6.42 Å². The van der Waals surface area contributed by atoms with E-state index < -0.39 is 0 Å². The van der Waals surface area contributed by atoms with E-state index in [0.29, 0.717) is 18.2 Å². The van der Waals surface area contributed by atoms with Gasteiger partial charge in [0.1, 0.15) is 0 Å². The largest absolute Gasteiger partial charge is 0.354 e. The molecule has 1 rings (SSSR count). The predicted octanol–water partition coefficient (Wildman–Crippen LogP) is 3.35. The molecule has 0 fully saturated rings.